The van der Waals surface area contributed by atoms with Gasteiger partial charge in [-0.2, -0.15) is 5.26 Å². The zero-order valence-corrected chi connectivity index (χ0v) is 11.5. The fourth-order valence-corrected chi connectivity index (χ4v) is 1.71. The van der Waals surface area contributed by atoms with Crippen molar-refractivity contribution in [1.82, 2.24) is 0 Å². The maximum atomic E-state index is 8.44. The highest BCUT2D eigenvalue weighted by molar-refractivity contribution is 9.08. The van der Waals surface area contributed by atoms with E-state index in [1.165, 1.54) is 0 Å². The molecule has 0 heterocycles. The van der Waals surface area contributed by atoms with Crippen LogP contribution in [0.2, 0.25) is 0 Å². The van der Waals surface area contributed by atoms with Gasteiger partial charge in [0.25, 0.3) is 0 Å². The zero-order chi connectivity index (χ0) is 12.5. The van der Waals surface area contributed by atoms with Crippen LogP contribution in [0.4, 0.5) is 0 Å². The molecule has 1 aromatic rings. The van der Waals surface area contributed by atoms with Crippen LogP contribution in [0, 0.1) is 11.3 Å². The van der Waals surface area contributed by atoms with E-state index in [1.807, 2.05) is 25.1 Å². The van der Waals surface area contributed by atoms with Crippen LogP contribution in [-0.4, -0.2) is 13.2 Å². The third-order valence-electron chi connectivity index (χ3n) is 2.15. The van der Waals surface area contributed by atoms with Crippen molar-refractivity contribution in [2.24, 2.45) is 0 Å². The van der Waals surface area contributed by atoms with Gasteiger partial charge in [0.1, 0.15) is 0 Å². The fourth-order valence-electron chi connectivity index (χ4n) is 1.36. The third-order valence-corrected chi connectivity index (χ3v) is 2.80. The van der Waals surface area contributed by atoms with Crippen LogP contribution < -0.4 is 9.47 Å². The smallest absolute Gasteiger partial charge is 0.161 e. The summed E-state index contributed by atoms with van der Waals surface area (Å²) >= 11 is 3.41. The Kier molecular flexibility index (Phi) is 6.49. The van der Waals surface area contributed by atoms with Gasteiger partial charge in [0.15, 0.2) is 11.5 Å². The van der Waals surface area contributed by atoms with Crippen molar-refractivity contribution in [1.29, 1.82) is 5.26 Å². The molecule has 0 aliphatic carbocycles. The Bertz CT molecular complexity index is 387. The molecule has 0 atom stereocenters. The van der Waals surface area contributed by atoms with E-state index < -0.39 is 0 Å². The van der Waals surface area contributed by atoms with Gasteiger partial charge in [0, 0.05) is 11.8 Å². The van der Waals surface area contributed by atoms with Crippen molar-refractivity contribution >= 4 is 15.9 Å². The number of benzene rings is 1. The predicted molar refractivity (Wildman–Crippen MR) is 70.6 cm³/mol. The van der Waals surface area contributed by atoms with E-state index in [-0.39, 0.29) is 0 Å². The molecule has 0 saturated heterocycles. The molecule has 0 aliphatic rings. The van der Waals surface area contributed by atoms with E-state index in [0.717, 1.165) is 28.8 Å². The molecule has 0 bridgehead atoms. The first kappa shape index (κ1) is 13.9. The summed E-state index contributed by atoms with van der Waals surface area (Å²) in [7, 11) is 0. The van der Waals surface area contributed by atoms with Gasteiger partial charge < -0.3 is 9.47 Å². The largest absolute Gasteiger partial charge is 0.490 e. The van der Waals surface area contributed by atoms with Gasteiger partial charge >= 0.3 is 0 Å². The molecule has 0 unspecified atom stereocenters. The van der Waals surface area contributed by atoms with Crippen molar-refractivity contribution in [3.63, 3.8) is 0 Å². The minimum Gasteiger partial charge on any atom is -0.490 e. The summed E-state index contributed by atoms with van der Waals surface area (Å²) in [5.41, 5.74) is 1.15. The minimum absolute atomic E-state index is 0.517. The lowest BCUT2D eigenvalue weighted by atomic mass is 10.2. The third kappa shape index (κ3) is 4.66. The van der Waals surface area contributed by atoms with Crippen LogP contribution in [0.15, 0.2) is 18.2 Å². The Labute approximate surface area is 110 Å². The van der Waals surface area contributed by atoms with Gasteiger partial charge in [-0.05, 0) is 31.0 Å². The summed E-state index contributed by atoms with van der Waals surface area (Å²) in [5, 5.41) is 9.23. The monoisotopic (exact) mass is 297 g/mol. The van der Waals surface area contributed by atoms with E-state index in [9.17, 15) is 0 Å². The quantitative estimate of drug-likeness (QED) is 0.570. The van der Waals surface area contributed by atoms with Gasteiger partial charge in [-0.1, -0.05) is 22.0 Å². The molecule has 92 valence electrons. The summed E-state index contributed by atoms with van der Waals surface area (Å²) in [4.78, 5) is 0. The van der Waals surface area contributed by atoms with Crippen molar-refractivity contribution in [3.8, 4) is 17.6 Å². The summed E-state index contributed by atoms with van der Waals surface area (Å²) in [6.07, 6.45) is 1.26. The van der Waals surface area contributed by atoms with E-state index in [4.69, 9.17) is 14.7 Å². The van der Waals surface area contributed by atoms with E-state index in [1.54, 1.807) is 0 Å². The molecule has 1 aromatic carbocycles. The minimum atomic E-state index is 0.517. The Hall–Kier alpha value is -1.21. The number of ether oxygens (including phenoxy) is 2. The van der Waals surface area contributed by atoms with Crippen LogP contribution >= 0.6 is 15.9 Å². The van der Waals surface area contributed by atoms with Crippen LogP contribution in [-0.2, 0) is 5.33 Å². The van der Waals surface area contributed by atoms with Gasteiger partial charge in [0.05, 0.1) is 19.3 Å². The molecular weight excluding hydrogens is 282 g/mol. The number of nitrogens with zero attached hydrogens (tertiary/aromatic N) is 1. The molecule has 1 rings (SSSR count). The number of unbranched alkanes of at least 4 members (excludes halogenated alkanes) is 1. The highest BCUT2D eigenvalue weighted by atomic mass is 79.9. The molecule has 0 amide bonds. The molecule has 3 nitrogen and oxygen atoms in total. The van der Waals surface area contributed by atoms with Crippen LogP contribution in [0.1, 0.15) is 25.3 Å². The lowest BCUT2D eigenvalue weighted by molar-refractivity contribution is 0.274. The highest BCUT2D eigenvalue weighted by Crippen LogP contribution is 2.29. The number of rotatable bonds is 7. The molecule has 4 heteroatoms. The Morgan fingerprint density at radius 3 is 2.76 bits per heavy atom. The number of hydrogen-bond acceptors (Lipinski definition) is 3. The van der Waals surface area contributed by atoms with Crippen LogP contribution in [0.25, 0.3) is 0 Å². The van der Waals surface area contributed by atoms with Crippen LogP contribution in [0.5, 0.6) is 11.5 Å². The second-order valence-electron chi connectivity index (χ2n) is 3.46. The fraction of sp³-hybridized carbons (Fsp3) is 0.462. The summed E-state index contributed by atoms with van der Waals surface area (Å²) in [6, 6.07) is 7.97. The summed E-state index contributed by atoms with van der Waals surface area (Å²) in [5.74, 6) is 1.51. The molecule has 0 N–H and O–H groups in total. The average Bonchev–Trinajstić information content (AvgIpc) is 2.36. The molecule has 0 saturated carbocycles. The van der Waals surface area contributed by atoms with Crippen molar-refractivity contribution in [3.05, 3.63) is 23.8 Å². The summed E-state index contributed by atoms with van der Waals surface area (Å²) < 4.78 is 11.1. The second-order valence-corrected chi connectivity index (χ2v) is 4.02. The van der Waals surface area contributed by atoms with Crippen molar-refractivity contribution in [2.45, 2.75) is 25.1 Å². The molecular formula is C13H16BrNO2. The SMILES string of the molecule is CCOc1cc(CBr)ccc1OCCCC#N. The molecule has 0 fully saturated rings. The van der Waals surface area contributed by atoms with Crippen molar-refractivity contribution < 1.29 is 9.47 Å². The number of alkyl halides is 1. The number of hydrogen-bond donors (Lipinski definition) is 0. The Morgan fingerprint density at radius 1 is 1.29 bits per heavy atom. The van der Waals surface area contributed by atoms with Crippen molar-refractivity contribution in [2.75, 3.05) is 13.2 Å². The first-order valence-corrected chi connectivity index (χ1v) is 6.75. The highest BCUT2D eigenvalue weighted by Gasteiger charge is 2.05. The average molecular weight is 298 g/mol. The van der Waals surface area contributed by atoms with E-state index >= 15 is 0 Å². The van der Waals surface area contributed by atoms with Gasteiger partial charge in [-0.15, -0.1) is 0 Å². The standard InChI is InChI=1S/C13H16BrNO2/c1-2-16-13-9-11(10-14)5-6-12(13)17-8-4-3-7-15/h5-6,9H,2-4,8,10H2,1H3. The second kappa shape index (κ2) is 7.97. The van der Waals surface area contributed by atoms with Gasteiger partial charge in [0.2, 0.25) is 0 Å². The first-order chi connectivity index (χ1) is 8.31. The number of nitriles is 1. The Morgan fingerprint density at radius 2 is 2.12 bits per heavy atom. The predicted octanol–water partition coefficient (Wildman–Crippen LogP) is 3.66. The molecule has 0 aliphatic heterocycles. The van der Waals surface area contributed by atoms with E-state index in [0.29, 0.717) is 19.6 Å². The molecule has 0 spiro atoms. The normalized spacial score (nSPS) is 9.71. The first-order valence-electron chi connectivity index (χ1n) is 5.63. The maximum Gasteiger partial charge on any atom is 0.161 e. The number of halogens is 1. The molecule has 17 heavy (non-hydrogen) atoms. The lowest BCUT2D eigenvalue weighted by Crippen LogP contribution is -2.01. The zero-order valence-electron chi connectivity index (χ0n) is 9.91. The molecule has 0 radical (unpaired) electrons. The summed E-state index contributed by atoms with van der Waals surface area (Å²) in [6.45, 7) is 3.10. The van der Waals surface area contributed by atoms with Gasteiger partial charge in [-0.3, -0.25) is 0 Å². The molecule has 0 aromatic heterocycles. The van der Waals surface area contributed by atoms with Gasteiger partial charge in [-0.25, -0.2) is 0 Å². The van der Waals surface area contributed by atoms with E-state index in [2.05, 4.69) is 22.0 Å². The van der Waals surface area contributed by atoms with Crippen LogP contribution in [0.3, 0.4) is 0 Å². The lowest BCUT2D eigenvalue weighted by Gasteiger charge is -2.12. The topological polar surface area (TPSA) is 42.2 Å². The maximum absolute atomic E-state index is 8.44. The Balaban J connectivity index is 2.66.